The van der Waals surface area contributed by atoms with Gasteiger partial charge in [0.15, 0.2) is 0 Å². The van der Waals surface area contributed by atoms with Crippen LogP contribution in [0.1, 0.15) is 23.6 Å². The molecule has 2 aromatic carbocycles. The van der Waals surface area contributed by atoms with Gasteiger partial charge in [-0.1, -0.05) is 12.1 Å². The van der Waals surface area contributed by atoms with E-state index in [2.05, 4.69) is 15.9 Å². The van der Waals surface area contributed by atoms with Gasteiger partial charge in [0.25, 0.3) is 0 Å². The maximum Gasteiger partial charge on any atom is 0.416 e. The molecule has 2 atom stereocenters. The van der Waals surface area contributed by atoms with Crippen molar-refractivity contribution in [1.82, 2.24) is 9.80 Å². The zero-order chi connectivity index (χ0) is 26.3. The van der Waals surface area contributed by atoms with Crippen molar-refractivity contribution >= 4 is 23.2 Å². The van der Waals surface area contributed by atoms with Crippen LogP contribution in [0, 0.1) is 17.2 Å². The van der Waals surface area contributed by atoms with E-state index < -0.39 is 17.7 Å². The fraction of sp³-hybridized carbons (Fsp3) is 0.444. The van der Waals surface area contributed by atoms with Crippen molar-refractivity contribution in [2.75, 3.05) is 55.6 Å². The molecule has 0 aromatic heterocycles. The summed E-state index contributed by atoms with van der Waals surface area (Å²) in [4.78, 5) is 33.2. The van der Waals surface area contributed by atoms with Gasteiger partial charge in [-0.2, -0.15) is 18.4 Å². The van der Waals surface area contributed by atoms with Gasteiger partial charge in [-0.25, -0.2) is 0 Å². The lowest BCUT2D eigenvalue weighted by molar-refractivity contribution is -0.142. The van der Waals surface area contributed by atoms with E-state index in [1.165, 1.54) is 19.1 Å². The largest absolute Gasteiger partial charge is 0.416 e. The molecule has 5 rings (SSSR count). The molecule has 0 radical (unpaired) electrons. The highest BCUT2D eigenvalue weighted by molar-refractivity contribution is 5.83. The summed E-state index contributed by atoms with van der Waals surface area (Å²) in [6.07, 6.45) is -4.26. The van der Waals surface area contributed by atoms with Crippen molar-refractivity contribution in [3.05, 3.63) is 59.2 Å². The van der Waals surface area contributed by atoms with Crippen molar-refractivity contribution < 1.29 is 22.8 Å². The molecule has 3 heterocycles. The fourth-order valence-corrected chi connectivity index (χ4v) is 5.82. The van der Waals surface area contributed by atoms with Crippen LogP contribution in [0.5, 0.6) is 0 Å². The van der Waals surface area contributed by atoms with Crippen molar-refractivity contribution in [2.24, 2.45) is 5.92 Å². The number of anilines is 2. The number of hydrogen-bond acceptors (Lipinski definition) is 5. The Morgan fingerprint density at radius 2 is 1.65 bits per heavy atom. The van der Waals surface area contributed by atoms with Gasteiger partial charge >= 0.3 is 6.18 Å². The van der Waals surface area contributed by atoms with E-state index in [0.29, 0.717) is 56.9 Å². The lowest BCUT2D eigenvalue weighted by Gasteiger charge is -2.51. The maximum absolute atomic E-state index is 13.8. The van der Waals surface area contributed by atoms with Crippen LogP contribution in [0.3, 0.4) is 0 Å². The van der Waals surface area contributed by atoms with Gasteiger partial charge in [0.1, 0.15) is 6.07 Å². The van der Waals surface area contributed by atoms with Crippen molar-refractivity contribution in [2.45, 2.75) is 25.6 Å². The topological polar surface area (TPSA) is 70.9 Å². The molecule has 3 aliphatic rings. The zero-order valence-electron chi connectivity index (χ0n) is 20.5. The number of halogens is 3. The summed E-state index contributed by atoms with van der Waals surface area (Å²) in [5.74, 6) is -0.683. The minimum absolute atomic E-state index is 0.0383. The van der Waals surface area contributed by atoms with Crippen LogP contribution in [0.4, 0.5) is 24.5 Å². The zero-order valence-corrected chi connectivity index (χ0v) is 20.5. The van der Waals surface area contributed by atoms with Gasteiger partial charge in [-0.3, -0.25) is 9.59 Å². The number of para-hydroxylation sites is 1. The van der Waals surface area contributed by atoms with E-state index in [1.54, 1.807) is 21.9 Å². The summed E-state index contributed by atoms with van der Waals surface area (Å²) in [6.45, 7) is 4.76. The van der Waals surface area contributed by atoms with Crippen LogP contribution < -0.4 is 9.80 Å². The third kappa shape index (κ3) is 4.70. The number of benzene rings is 2. The van der Waals surface area contributed by atoms with Crippen molar-refractivity contribution in [3.8, 4) is 6.07 Å². The average Bonchev–Trinajstić information content (AvgIpc) is 2.91. The molecule has 3 aliphatic heterocycles. The van der Waals surface area contributed by atoms with Crippen LogP contribution in [0.25, 0.3) is 0 Å². The summed E-state index contributed by atoms with van der Waals surface area (Å²) in [7, 11) is 0. The number of amides is 2. The maximum atomic E-state index is 13.8. The van der Waals surface area contributed by atoms with Crippen LogP contribution >= 0.6 is 0 Å². The summed E-state index contributed by atoms with van der Waals surface area (Å²) in [6, 6.07) is 13.1. The monoisotopic (exact) mass is 511 g/mol. The number of carbonyl (C=O) groups is 2. The lowest BCUT2D eigenvalue weighted by Crippen LogP contribution is -2.62. The third-order valence-electron chi connectivity index (χ3n) is 7.76. The van der Waals surface area contributed by atoms with Crippen LogP contribution in [0.15, 0.2) is 42.5 Å². The normalized spacial score (nSPS) is 21.7. The molecule has 2 amide bonds. The smallest absolute Gasteiger partial charge is 0.367 e. The van der Waals surface area contributed by atoms with Gasteiger partial charge in [0.2, 0.25) is 11.8 Å². The number of rotatable bonds is 2. The Labute approximate surface area is 213 Å². The molecule has 0 saturated carbocycles. The second-order valence-corrected chi connectivity index (χ2v) is 9.82. The Balaban J connectivity index is 1.47. The average molecular weight is 512 g/mol. The first-order valence-electron chi connectivity index (χ1n) is 12.4. The number of alkyl halides is 3. The SMILES string of the molecule is CC(=O)N1CCN(C(=O)C2Cc3cc(C(F)(F)F)ccc3N3CCN(c4ccccc4C#N)CC23)CC1. The molecule has 2 aromatic rings. The molecule has 194 valence electrons. The second kappa shape index (κ2) is 9.61. The second-order valence-electron chi connectivity index (χ2n) is 9.82. The Bertz CT molecular complexity index is 1250. The Morgan fingerprint density at radius 1 is 0.946 bits per heavy atom. The Hall–Kier alpha value is -3.74. The van der Waals surface area contributed by atoms with E-state index in [4.69, 9.17) is 0 Å². The van der Waals surface area contributed by atoms with Crippen molar-refractivity contribution in [1.29, 1.82) is 5.26 Å². The molecule has 2 saturated heterocycles. The number of fused-ring (bicyclic) bond motifs is 3. The fourth-order valence-electron chi connectivity index (χ4n) is 5.82. The number of nitrogens with zero attached hydrogens (tertiary/aromatic N) is 5. The summed E-state index contributed by atoms with van der Waals surface area (Å²) < 4.78 is 40.5. The van der Waals surface area contributed by atoms with E-state index in [-0.39, 0.29) is 24.3 Å². The standard InChI is InChI=1S/C27H28F3N5O2/c1-18(36)32-8-10-33(11-9-32)26(37)22-15-20-14-21(27(28,29)30)6-7-24(20)35-13-12-34(17-25(22)35)23-5-3-2-4-19(23)16-31/h2-7,14,22,25H,8-13,15,17H2,1H3. The van der Waals surface area contributed by atoms with Gasteiger partial charge in [-0.05, 0) is 42.3 Å². The molecule has 37 heavy (non-hydrogen) atoms. The minimum atomic E-state index is -4.46. The number of piperazine rings is 2. The quantitative estimate of drug-likeness (QED) is 0.620. The predicted octanol–water partition coefficient (Wildman–Crippen LogP) is 3.14. The van der Waals surface area contributed by atoms with E-state index >= 15 is 0 Å². The molecule has 2 fully saturated rings. The van der Waals surface area contributed by atoms with Gasteiger partial charge in [0, 0.05) is 58.4 Å². The van der Waals surface area contributed by atoms with Crippen molar-refractivity contribution in [3.63, 3.8) is 0 Å². The van der Waals surface area contributed by atoms with E-state index in [0.717, 1.165) is 17.4 Å². The molecule has 0 bridgehead atoms. The molecule has 0 spiro atoms. The highest BCUT2D eigenvalue weighted by atomic mass is 19.4. The number of carbonyl (C=O) groups excluding carboxylic acids is 2. The summed E-state index contributed by atoms with van der Waals surface area (Å²) >= 11 is 0. The lowest BCUT2D eigenvalue weighted by atomic mass is 9.82. The number of hydrogen-bond donors (Lipinski definition) is 0. The first kappa shape index (κ1) is 24.9. The first-order valence-corrected chi connectivity index (χ1v) is 12.4. The van der Waals surface area contributed by atoms with Crippen LogP contribution in [0.2, 0.25) is 0 Å². The molecular weight excluding hydrogens is 483 g/mol. The van der Waals surface area contributed by atoms with Gasteiger partial charge in [-0.15, -0.1) is 0 Å². The van der Waals surface area contributed by atoms with E-state index in [1.807, 2.05) is 12.1 Å². The molecule has 7 nitrogen and oxygen atoms in total. The highest BCUT2D eigenvalue weighted by Crippen LogP contribution is 2.41. The molecule has 0 aliphatic carbocycles. The minimum Gasteiger partial charge on any atom is -0.367 e. The molecule has 10 heteroatoms. The van der Waals surface area contributed by atoms with Gasteiger partial charge < -0.3 is 19.6 Å². The number of nitriles is 1. The first-order chi connectivity index (χ1) is 17.7. The molecule has 2 unspecified atom stereocenters. The predicted molar refractivity (Wildman–Crippen MR) is 132 cm³/mol. The van der Waals surface area contributed by atoms with E-state index in [9.17, 15) is 28.0 Å². The Morgan fingerprint density at radius 3 is 2.32 bits per heavy atom. The van der Waals surface area contributed by atoms with Gasteiger partial charge in [0.05, 0.1) is 28.8 Å². The third-order valence-corrected chi connectivity index (χ3v) is 7.76. The molecular formula is C27H28F3N5O2. The van der Waals surface area contributed by atoms with Crippen LogP contribution in [-0.4, -0.2) is 73.5 Å². The Kier molecular flexibility index (Phi) is 6.48. The van der Waals surface area contributed by atoms with Crippen LogP contribution in [-0.2, 0) is 22.2 Å². The summed E-state index contributed by atoms with van der Waals surface area (Å²) in [5, 5.41) is 9.61. The summed E-state index contributed by atoms with van der Waals surface area (Å²) in [5.41, 5.74) is 1.89. The molecule has 0 N–H and O–H groups in total. The highest BCUT2D eigenvalue weighted by Gasteiger charge is 2.44.